The van der Waals surface area contributed by atoms with Crippen molar-refractivity contribution < 1.29 is 4.74 Å². The fourth-order valence-corrected chi connectivity index (χ4v) is 6.10. The Morgan fingerprint density at radius 3 is 2.61 bits per heavy atom. The van der Waals surface area contributed by atoms with E-state index in [4.69, 9.17) is 4.74 Å². The van der Waals surface area contributed by atoms with Crippen molar-refractivity contribution in [3.8, 4) is 5.75 Å². The lowest BCUT2D eigenvalue weighted by atomic mass is 10.0. The first-order chi connectivity index (χ1) is 18.7. The van der Waals surface area contributed by atoms with Crippen molar-refractivity contribution in [1.29, 1.82) is 0 Å². The zero-order valence-corrected chi connectivity index (χ0v) is 22.1. The Morgan fingerprint density at radius 2 is 1.84 bits per heavy atom. The molecule has 0 spiro atoms. The van der Waals surface area contributed by atoms with Crippen LogP contribution in [0.1, 0.15) is 61.6 Å². The van der Waals surface area contributed by atoms with Crippen LogP contribution in [-0.2, 0) is 6.42 Å². The minimum Gasteiger partial charge on any atom is -0.495 e. The maximum Gasteiger partial charge on any atom is 0.253 e. The van der Waals surface area contributed by atoms with Gasteiger partial charge in [0.25, 0.3) is 5.56 Å². The number of nitrogens with zero attached hydrogens (tertiary/aromatic N) is 6. The van der Waals surface area contributed by atoms with Crippen LogP contribution in [0.3, 0.4) is 0 Å². The number of para-hydroxylation sites is 2. The number of pyridine rings is 1. The average Bonchev–Trinajstić information content (AvgIpc) is 3.66. The standard InChI is InChI=1S/C29H35N7O2/c1-3-20-12-13-24-21(18-20)19-23(29(37)30-24)27(28-31-32-33-36(28)22-8-4-5-9-22)35-16-14-34(15-17-35)25-10-6-7-11-26(25)38-2/h6-7,10-13,18-19,22,27H,3-5,8-9,14-17H2,1-2H3,(H,30,37)/t27-/m0/s1. The van der Waals surface area contributed by atoms with Gasteiger partial charge in [-0.15, -0.1) is 5.10 Å². The highest BCUT2D eigenvalue weighted by Crippen LogP contribution is 2.35. The quantitative estimate of drug-likeness (QED) is 0.398. The molecule has 9 heteroatoms. The molecule has 1 atom stereocenters. The summed E-state index contributed by atoms with van der Waals surface area (Å²) in [4.78, 5) is 21.4. The smallest absolute Gasteiger partial charge is 0.253 e. The lowest BCUT2D eigenvalue weighted by Crippen LogP contribution is -2.49. The van der Waals surface area contributed by atoms with Crippen LogP contribution in [0.5, 0.6) is 5.75 Å². The highest BCUT2D eigenvalue weighted by Gasteiger charge is 2.35. The summed E-state index contributed by atoms with van der Waals surface area (Å²) in [5.74, 6) is 1.64. The summed E-state index contributed by atoms with van der Waals surface area (Å²) in [5, 5.41) is 14.1. The minimum absolute atomic E-state index is 0.0834. The molecule has 2 fully saturated rings. The lowest BCUT2D eigenvalue weighted by Gasteiger charge is -2.40. The number of aryl methyl sites for hydroxylation is 1. The number of hydrogen-bond acceptors (Lipinski definition) is 7. The van der Waals surface area contributed by atoms with Crippen molar-refractivity contribution in [2.24, 2.45) is 0 Å². The summed E-state index contributed by atoms with van der Waals surface area (Å²) in [7, 11) is 1.71. The van der Waals surface area contributed by atoms with E-state index >= 15 is 0 Å². The second kappa shape index (κ2) is 10.6. The Kier molecular flexibility index (Phi) is 6.84. The van der Waals surface area contributed by atoms with E-state index in [0.29, 0.717) is 5.56 Å². The van der Waals surface area contributed by atoms with Crippen molar-refractivity contribution in [2.45, 2.75) is 51.1 Å². The average molecular weight is 514 g/mol. The van der Waals surface area contributed by atoms with Gasteiger partial charge in [-0.05, 0) is 71.0 Å². The number of rotatable bonds is 7. The molecule has 0 amide bonds. The second-order valence-corrected chi connectivity index (χ2v) is 10.3. The topological polar surface area (TPSA) is 92.2 Å². The van der Waals surface area contributed by atoms with E-state index < -0.39 is 0 Å². The van der Waals surface area contributed by atoms with Crippen LogP contribution in [0.2, 0.25) is 0 Å². The maximum atomic E-state index is 13.6. The number of H-pyrrole nitrogens is 1. The molecule has 2 aromatic heterocycles. The van der Waals surface area contributed by atoms with Crippen LogP contribution in [0.15, 0.2) is 53.3 Å². The molecule has 198 valence electrons. The molecule has 9 nitrogen and oxygen atoms in total. The van der Waals surface area contributed by atoms with Gasteiger partial charge in [0.15, 0.2) is 5.82 Å². The molecule has 1 N–H and O–H groups in total. The Hall–Kier alpha value is -3.72. The molecule has 2 aromatic carbocycles. The summed E-state index contributed by atoms with van der Waals surface area (Å²) in [5.41, 5.74) is 3.81. The summed E-state index contributed by atoms with van der Waals surface area (Å²) >= 11 is 0. The number of aromatic amines is 1. The van der Waals surface area contributed by atoms with Crippen molar-refractivity contribution in [3.63, 3.8) is 0 Å². The van der Waals surface area contributed by atoms with Gasteiger partial charge in [-0.1, -0.05) is 38.0 Å². The normalized spacial score (nSPS) is 17.8. The third kappa shape index (κ3) is 4.55. The van der Waals surface area contributed by atoms with Crippen LogP contribution >= 0.6 is 0 Å². The number of piperazine rings is 1. The molecule has 3 heterocycles. The predicted octanol–water partition coefficient (Wildman–Crippen LogP) is 4.11. The first kappa shape index (κ1) is 24.6. The fourth-order valence-electron chi connectivity index (χ4n) is 6.10. The summed E-state index contributed by atoms with van der Waals surface area (Å²) < 4.78 is 7.62. The van der Waals surface area contributed by atoms with Gasteiger partial charge in [-0.25, -0.2) is 4.68 Å². The van der Waals surface area contributed by atoms with E-state index in [0.717, 1.165) is 73.6 Å². The Labute approximate surface area is 222 Å². The number of fused-ring (bicyclic) bond motifs is 1. The Morgan fingerprint density at radius 1 is 1.05 bits per heavy atom. The molecule has 1 aliphatic heterocycles. The second-order valence-electron chi connectivity index (χ2n) is 10.3. The van der Waals surface area contributed by atoms with Gasteiger partial charge < -0.3 is 14.6 Å². The summed E-state index contributed by atoms with van der Waals surface area (Å²) in [6.45, 7) is 5.31. The third-order valence-corrected chi connectivity index (χ3v) is 8.18. The number of nitrogens with one attached hydrogen (secondary N) is 1. The van der Waals surface area contributed by atoms with Crippen LogP contribution in [0, 0.1) is 0 Å². The van der Waals surface area contributed by atoms with Gasteiger partial charge in [-0.3, -0.25) is 9.69 Å². The van der Waals surface area contributed by atoms with Gasteiger partial charge in [0.1, 0.15) is 11.8 Å². The van der Waals surface area contributed by atoms with Crippen molar-refractivity contribution >= 4 is 16.6 Å². The van der Waals surface area contributed by atoms with Crippen LogP contribution in [0.4, 0.5) is 5.69 Å². The van der Waals surface area contributed by atoms with E-state index in [9.17, 15) is 4.79 Å². The zero-order chi connectivity index (χ0) is 26.1. The number of anilines is 1. The minimum atomic E-state index is -0.330. The van der Waals surface area contributed by atoms with E-state index in [1.165, 1.54) is 18.4 Å². The Balaban J connectivity index is 1.39. The molecule has 4 aromatic rings. The number of hydrogen-bond donors (Lipinski definition) is 1. The van der Waals surface area contributed by atoms with Crippen LogP contribution in [-0.4, -0.2) is 63.4 Å². The molecule has 38 heavy (non-hydrogen) atoms. The summed E-state index contributed by atoms with van der Waals surface area (Å²) in [6.07, 6.45) is 5.45. The van der Waals surface area contributed by atoms with Gasteiger partial charge >= 0.3 is 0 Å². The zero-order valence-electron chi connectivity index (χ0n) is 22.1. The first-order valence-corrected chi connectivity index (χ1v) is 13.7. The van der Waals surface area contributed by atoms with Crippen molar-refractivity contribution in [1.82, 2.24) is 30.1 Å². The van der Waals surface area contributed by atoms with E-state index in [-0.39, 0.29) is 17.6 Å². The SMILES string of the molecule is CCc1ccc2[nH]c(=O)c([C@@H](c3nnnn3C3CCCC3)N3CCN(c4ccccc4OC)CC3)cc2c1. The molecule has 0 bridgehead atoms. The number of benzene rings is 2. The number of tetrazole rings is 1. The molecule has 0 radical (unpaired) electrons. The van der Waals surface area contributed by atoms with E-state index in [2.05, 4.69) is 61.5 Å². The summed E-state index contributed by atoms with van der Waals surface area (Å²) in [6, 6.07) is 16.4. The number of aromatic nitrogens is 5. The largest absolute Gasteiger partial charge is 0.495 e. The van der Waals surface area contributed by atoms with Gasteiger partial charge in [0.2, 0.25) is 0 Å². The highest BCUT2D eigenvalue weighted by atomic mass is 16.5. The molecular weight excluding hydrogens is 478 g/mol. The van der Waals surface area contributed by atoms with Gasteiger partial charge in [0.05, 0.1) is 18.8 Å². The fraction of sp³-hybridized carbons (Fsp3) is 0.448. The first-order valence-electron chi connectivity index (χ1n) is 13.7. The molecule has 1 saturated heterocycles. The molecule has 1 saturated carbocycles. The van der Waals surface area contributed by atoms with E-state index in [1.54, 1.807) is 7.11 Å². The Bertz CT molecular complexity index is 1470. The molecule has 0 unspecified atom stereocenters. The van der Waals surface area contributed by atoms with Gasteiger partial charge in [0, 0.05) is 37.3 Å². The van der Waals surface area contributed by atoms with Gasteiger partial charge in [-0.2, -0.15) is 0 Å². The van der Waals surface area contributed by atoms with Crippen molar-refractivity contribution in [3.05, 3.63) is 75.8 Å². The van der Waals surface area contributed by atoms with Crippen LogP contribution in [0.25, 0.3) is 10.9 Å². The predicted molar refractivity (Wildman–Crippen MR) is 148 cm³/mol. The van der Waals surface area contributed by atoms with Crippen molar-refractivity contribution in [2.75, 3.05) is 38.2 Å². The molecule has 6 rings (SSSR count). The lowest BCUT2D eigenvalue weighted by molar-refractivity contribution is 0.196. The number of ether oxygens (including phenoxy) is 1. The van der Waals surface area contributed by atoms with E-state index in [1.807, 2.05) is 28.9 Å². The third-order valence-electron chi connectivity index (χ3n) is 8.18. The molecular formula is C29H35N7O2. The molecule has 2 aliphatic rings. The molecule has 1 aliphatic carbocycles. The monoisotopic (exact) mass is 513 g/mol. The maximum absolute atomic E-state index is 13.6. The number of methoxy groups -OCH3 is 1. The highest BCUT2D eigenvalue weighted by molar-refractivity contribution is 5.80. The van der Waals surface area contributed by atoms with Crippen LogP contribution < -0.4 is 15.2 Å².